The average Bonchev–Trinajstić information content (AvgIpc) is 3.04. The largest absolute Gasteiger partial charge is 0.353 e. The van der Waals surface area contributed by atoms with Crippen LogP contribution < -0.4 is 10.6 Å². The lowest BCUT2D eigenvalue weighted by Crippen LogP contribution is -2.57. The van der Waals surface area contributed by atoms with Gasteiger partial charge in [0.05, 0.1) is 5.69 Å². The number of aromatic nitrogens is 1. The van der Waals surface area contributed by atoms with Crippen LogP contribution in [0, 0.1) is 6.92 Å². The SMILES string of the molecule is CCC(=O)Nc1nc(C)c(S(=O)(=O)N2C3CCC2C(=O)NC3)s1. The number of thiazole rings is 1. The van der Waals surface area contributed by atoms with Gasteiger partial charge in [-0.05, 0) is 19.8 Å². The molecule has 0 radical (unpaired) electrons. The molecule has 23 heavy (non-hydrogen) atoms. The van der Waals surface area contributed by atoms with Gasteiger partial charge in [-0.1, -0.05) is 18.3 Å². The molecule has 2 N–H and O–H groups in total. The van der Waals surface area contributed by atoms with Crippen molar-refractivity contribution in [2.75, 3.05) is 11.9 Å². The van der Waals surface area contributed by atoms with Gasteiger partial charge in [0.15, 0.2) is 9.34 Å². The second-order valence-electron chi connectivity index (χ2n) is 5.62. The number of hydrogen-bond acceptors (Lipinski definition) is 6. The number of carbonyl (C=O) groups is 2. The predicted molar refractivity (Wildman–Crippen MR) is 84.6 cm³/mol. The second-order valence-corrected chi connectivity index (χ2v) is 8.66. The van der Waals surface area contributed by atoms with E-state index in [0.717, 1.165) is 11.3 Å². The van der Waals surface area contributed by atoms with Gasteiger partial charge in [-0.15, -0.1) is 0 Å². The molecule has 3 heterocycles. The van der Waals surface area contributed by atoms with Crippen LogP contribution >= 0.6 is 11.3 Å². The standard InChI is InChI=1S/C13H18N4O4S2/c1-3-10(18)16-13-15-7(2)12(22-13)23(20,21)17-8-4-5-9(17)11(19)14-6-8/h8-9H,3-6H2,1-2H3,(H,14,19)(H,15,16,18). The zero-order valence-corrected chi connectivity index (χ0v) is 14.5. The molecule has 1 aromatic rings. The molecule has 2 saturated heterocycles. The van der Waals surface area contributed by atoms with Crippen molar-refractivity contribution in [3.8, 4) is 0 Å². The molecule has 8 nitrogen and oxygen atoms in total. The lowest BCUT2D eigenvalue weighted by molar-refractivity contribution is -0.126. The zero-order valence-electron chi connectivity index (χ0n) is 12.8. The van der Waals surface area contributed by atoms with Gasteiger partial charge in [0.2, 0.25) is 11.8 Å². The van der Waals surface area contributed by atoms with E-state index in [4.69, 9.17) is 0 Å². The van der Waals surface area contributed by atoms with Gasteiger partial charge in [0, 0.05) is 19.0 Å². The molecule has 10 heteroatoms. The van der Waals surface area contributed by atoms with Gasteiger partial charge < -0.3 is 10.6 Å². The highest BCUT2D eigenvalue weighted by Gasteiger charge is 2.49. The summed E-state index contributed by atoms with van der Waals surface area (Å²) in [5, 5.41) is 5.58. The Balaban J connectivity index is 1.94. The van der Waals surface area contributed by atoms with Crippen molar-refractivity contribution in [2.24, 2.45) is 0 Å². The highest BCUT2D eigenvalue weighted by molar-refractivity contribution is 7.91. The fraction of sp³-hybridized carbons (Fsp3) is 0.615. The smallest absolute Gasteiger partial charge is 0.255 e. The molecule has 2 aliphatic heterocycles. The Hall–Kier alpha value is -1.52. The molecule has 0 saturated carbocycles. The predicted octanol–water partition coefficient (Wildman–Crippen LogP) is 0.452. The molecule has 3 rings (SSSR count). The molecule has 2 aliphatic rings. The third-order valence-electron chi connectivity index (χ3n) is 4.09. The van der Waals surface area contributed by atoms with Gasteiger partial charge in [0.1, 0.15) is 6.04 Å². The number of anilines is 1. The summed E-state index contributed by atoms with van der Waals surface area (Å²) in [5.74, 6) is -0.468. The Morgan fingerprint density at radius 1 is 1.48 bits per heavy atom. The van der Waals surface area contributed by atoms with Gasteiger partial charge in [-0.25, -0.2) is 13.4 Å². The number of rotatable bonds is 4. The molecule has 2 atom stereocenters. The number of nitrogens with zero attached hydrogens (tertiary/aromatic N) is 2. The lowest BCUT2D eigenvalue weighted by atomic mass is 10.2. The molecule has 1 aromatic heterocycles. The molecule has 0 spiro atoms. The molecule has 2 fully saturated rings. The summed E-state index contributed by atoms with van der Waals surface area (Å²) in [7, 11) is -3.81. The number of carbonyl (C=O) groups excluding carboxylic acids is 2. The fourth-order valence-electron chi connectivity index (χ4n) is 2.98. The minimum absolute atomic E-state index is 0.0931. The maximum Gasteiger partial charge on any atom is 0.255 e. The number of amides is 2. The average molecular weight is 358 g/mol. The van der Waals surface area contributed by atoms with E-state index in [2.05, 4.69) is 15.6 Å². The maximum atomic E-state index is 13.0. The number of fused-ring (bicyclic) bond motifs is 2. The number of nitrogens with one attached hydrogen (secondary N) is 2. The van der Waals surface area contributed by atoms with Gasteiger partial charge in [-0.3, -0.25) is 9.59 Å². The molecule has 2 amide bonds. The van der Waals surface area contributed by atoms with Crippen LogP contribution in [0.15, 0.2) is 4.21 Å². The minimum Gasteiger partial charge on any atom is -0.353 e. The van der Waals surface area contributed by atoms with Crippen molar-refractivity contribution in [3.63, 3.8) is 0 Å². The van der Waals surface area contributed by atoms with Crippen molar-refractivity contribution in [2.45, 2.75) is 49.4 Å². The summed E-state index contributed by atoms with van der Waals surface area (Å²) in [5.41, 5.74) is 0.340. The van der Waals surface area contributed by atoms with E-state index in [0.29, 0.717) is 25.1 Å². The summed E-state index contributed by atoms with van der Waals surface area (Å²) < 4.78 is 27.4. The van der Waals surface area contributed by atoms with Gasteiger partial charge in [0.25, 0.3) is 10.0 Å². The number of aryl methyl sites for hydroxylation is 1. The van der Waals surface area contributed by atoms with E-state index >= 15 is 0 Å². The van der Waals surface area contributed by atoms with E-state index < -0.39 is 16.1 Å². The van der Waals surface area contributed by atoms with Crippen molar-refractivity contribution in [1.29, 1.82) is 0 Å². The van der Waals surface area contributed by atoms with Crippen molar-refractivity contribution < 1.29 is 18.0 Å². The van der Waals surface area contributed by atoms with E-state index in [9.17, 15) is 18.0 Å². The van der Waals surface area contributed by atoms with Crippen LogP contribution in [-0.2, 0) is 19.6 Å². The van der Waals surface area contributed by atoms with E-state index in [1.807, 2.05) is 0 Å². The third kappa shape index (κ3) is 2.74. The Labute approximate surface area is 138 Å². The van der Waals surface area contributed by atoms with Gasteiger partial charge in [-0.2, -0.15) is 4.31 Å². The summed E-state index contributed by atoms with van der Waals surface area (Å²) in [4.78, 5) is 27.5. The number of sulfonamides is 1. The zero-order chi connectivity index (χ0) is 16.8. The van der Waals surface area contributed by atoms with Crippen molar-refractivity contribution in [1.82, 2.24) is 14.6 Å². The third-order valence-corrected chi connectivity index (χ3v) is 7.71. The summed E-state index contributed by atoms with van der Waals surface area (Å²) in [6, 6.07) is -0.855. The quantitative estimate of drug-likeness (QED) is 0.812. The van der Waals surface area contributed by atoms with Crippen LogP contribution in [0.3, 0.4) is 0 Å². The van der Waals surface area contributed by atoms with Crippen LogP contribution in [0.5, 0.6) is 0 Å². The molecule has 2 unspecified atom stereocenters. The van der Waals surface area contributed by atoms with Crippen LogP contribution in [0.4, 0.5) is 5.13 Å². The van der Waals surface area contributed by atoms with Crippen molar-refractivity contribution in [3.05, 3.63) is 5.69 Å². The van der Waals surface area contributed by atoms with Crippen LogP contribution in [0.25, 0.3) is 0 Å². The molecule has 0 aromatic carbocycles. The Bertz CT molecular complexity index is 758. The molecule has 126 valence electrons. The van der Waals surface area contributed by atoms with Gasteiger partial charge >= 0.3 is 0 Å². The fourth-order valence-corrected chi connectivity index (χ4v) is 6.33. The first-order chi connectivity index (χ1) is 10.8. The summed E-state index contributed by atoms with van der Waals surface area (Å²) in [6.45, 7) is 3.64. The first-order valence-corrected chi connectivity index (χ1v) is 9.68. The van der Waals surface area contributed by atoms with E-state index in [1.54, 1.807) is 13.8 Å². The molecule has 0 aliphatic carbocycles. The monoisotopic (exact) mass is 358 g/mol. The number of hydrogen-bond donors (Lipinski definition) is 2. The highest BCUT2D eigenvalue weighted by Crippen LogP contribution is 2.37. The van der Waals surface area contributed by atoms with Crippen molar-refractivity contribution >= 4 is 38.3 Å². The van der Waals surface area contributed by atoms with E-state index in [-0.39, 0.29) is 33.6 Å². The summed E-state index contributed by atoms with van der Waals surface area (Å²) in [6.07, 6.45) is 1.49. The van der Waals surface area contributed by atoms with E-state index in [1.165, 1.54) is 4.31 Å². The second kappa shape index (κ2) is 5.84. The molecular formula is C13H18N4O4S2. The first-order valence-electron chi connectivity index (χ1n) is 7.43. The Morgan fingerprint density at radius 2 is 2.22 bits per heavy atom. The molecule has 2 bridgehead atoms. The first kappa shape index (κ1) is 16.3. The normalized spacial score (nSPS) is 24.5. The van der Waals surface area contributed by atoms with Crippen LogP contribution in [-0.4, -0.2) is 48.1 Å². The van der Waals surface area contributed by atoms with Crippen LogP contribution in [0.2, 0.25) is 0 Å². The topological polar surface area (TPSA) is 108 Å². The highest BCUT2D eigenvalue weighted by atomic mass is 32.2. The van der Waals surface area contributed by atoms with Crippen LogP contribution in [0.1, 0.15) is 31.9 Å². The number of piperazine rings is 1. The Kier molecular flexibility index (Phi) is 4.15. The summed E-state index contributed by atoms with van der Waals surface area (Å²) >= 11 is 0.932. The minimum atomic E-state index is -3.81. The Morgan fingerprint density at radius 3 is 2.91 bits per heavy atom. The molecular weight excluding hydrogens is 340 g/mol. The lowest BCUT2D eigenvalue weighted by Gasteiger charge is -2.32. The maximum absolute atomic E-state index is 13.0.